The Morgan fingerprint density at radius 1 is 1.33 bits per heavy atom. The summed E-state index contributed by atoms with van der Waals surface area (Å²) in [5.41, 5.74) is 1.32. The quantitative estimate of drug-likeness (QED) is 0.802. The van der Waals surface area contributed by atoms with Gasteiger partial charge in [-0.1, -0.05) is 0 Å². The van der Waals surface area contributed by atoms with Gasteiger partial charge in [-0.05, 0) is 52.9 Å². The van der Waals surface area contributed by atoms with E-state index in [4.69, 9.17) is 0 Å². The molecule has 1 aliphatic rings. The number of hydrogen-bond donors (Lipinski definition) is 1. The van der Waals surface area contributed by atoms with Gasteiger partial charge in [0, 0.05) is 25.3 Å². The van der Waals surface area contributed by atoms with Gasteiger partial charge >= 0.3 is 0 Å². The van der Waals surface area contributed by atoms with E-state index in [9.17, 15) is 4.79 Å². The summed E-state index contributed by atoms with van der Waals surface area (Å²) in [6.45, 7) is 5.39. The average molecular weight is 291 g/mol. The minimum Gasteiger partial charge on any atom is -0.354 e. The van der Waals surface area contributed by atoms with Crippen LogP contribution in [0.4, 0.5) is 5.95 Å². The Balaban J connectivity index is 1.97. The zero-order chi connectivity index (χ0) is 15.2. The Labute approximate surface area is 126 Å². The Bertz CT molecular complexity index is 483. The smallest absolute Gasteiger partial charge is 0.272 e. The summed E-state index contributed by atoms with van der Waals surface area (Å²) in [6.07, 6.45) is 3.19. The summed E-state index contributed by atoms with van der Waals surface area (Å²) in [5.74, 6) is 0.575. The average Bonchev–Trinajstić information content (AvgIpc) is 2.96. The van der Waals surface area contributed by atoms with Crippen LogP contribution < -0.4 is 5.32 Å². The van der Waals surface area contributed by atoms with Crippen LogP contribution in [0, 0.1) is 6.92 Å². The van der Waals surface area contributed by atoms with Crippen molar-refractivity contribution in [1.82, 2.24) is 19.8 Å². The van der Waals surface area contributed by atoms with Crippen molar-refractivity contribution in [3.63, 3.8) is 0 Å². The molecule has 116 valence electrons. The highest BCUT2D eigenvalue weighted by atomic mass is 16.2. The number of rotatable bonds is 6. The minimum absolute atomic E-state index is 0.0225. The molecular weight excluding hydrogens is 266 g/mol. The Morgan fingerprint density at radius 3 is 2.71 bits per heavy atom. The molecule has 2 heterocycles. The molecule has 6 nitrogen and oxygen atoms in total. The van der Waals surface area contributed by atoms with E-state index in [-0.39, 0.29) is 5.91 Å². The fourth-order valence-electron chi connectivity index (χ4n) is 2.43. The van der Waals surface area contributed by atoms with Crippen LogP contribution in [0.1, 0.15) is 35.4 Å². The lowest BCUT2D eigenvalue weighted by atomic mass is 10.3. The van der Waals surface area contributed by atoms with Crippen LogP contribution in [0.25, 0.3) is 0 Å². The van der Waals surface area contributed by atoms with Gasteiger partial charge in [-0.2, -0.15) is 0 Å². The summed E-state index contributed by atoms with van der Waals surface area (Å²) in [6, 6.07) is 1.77. The molecule has 0 radical (unpaired) electrons. The minimum atomic E-state index is 0.0225. The highest BCUT2D eigenvalue weighted by Crippen LogP contribution is 2.13. The van der Waals surface area contributed by atoms with Crippen molar-refractivity contribution in [1.29, 1.82) is 0 Å². The number of amides is 1. The van der Waals surface area contributed by atoms with Crippen molar-refractivity contribution >= 4 is 11.9 Å². The zero-order valence-corrected chi connectivity index (χ0v) is 13.2. The van der Waals surface area contributed by atoms with E-state index in [0.29, 0.717) is 11.6 Å². The molecule has 21 heavy (non-hydrogen) atoms. The van der Waals surface area contributed by atoms with Gasteiger partial charge in [-0.25, -0.2) is 9.97 Å². The number of nitrogens with zero attached hydrogens (tertiary/aromatic N) is 4. The summed E-state index contributed by atoms with van der Waals surface area (Å²) in [7, 11) is 4.10. The summed E-state index contributed by atoms with van der Waals surface area (Å²) in [4.78, 5) is 25.1. The molecule has 2 rings (SSSR count). The predicted octanol–water partition coefficient (Wildman–Crippen LogP) is 1.38. The highest BCUT2D eigenvalue weighted by Gasteiger charge is 2.21. The van der Waals surface area contributed by atoms with E-state index in [0.717, 1.165) is 51.1 Å². The lowest BCUT2D eigenvalue weighted by molar-refractivity contribution is 0.0787. The second-order valence-electron chi connectivity index (χ2n) is 5.80. The topological polar surface area (TPSA) is 61.4 Å². The second-order valence-corrected chi connectivity index (χ2v) is 5.80. The van der Waals surface area contributed by atoms with Gasteiger partial charge in [0.2, 0.25) is 5.95 Å². The van der Waals surface area contributed by atoms with Crippen LogP contribution in [0.5, 0.6) is 0 Å². The zero-order valence-electron chi connectivity index (χ0n) is 13.2. The van der Waals surface area contributed by atoms with Gasteiger partial charge in [0.05, 0.1) is 0 Å². The predicted molar refractivity (Wildman–Crippen MR) is 83.6 cm³/mol. The van der Waals surface area contributed by atoms with Crippen LogP contribution in [0.3, 0.4) is 0 Å². The van der Waals surface area contributed by atoms with Gasteiger partial charge in [-0.15, -0.1) is 0 Å². The molecule has 0 bridgehead atoms. The van der Waals surface area contributed by atoms with Crippen LogP contribution in [0.15, 0.2) is 6.07 Å². The van der Waals surface area contributed by atoms with Crippen molar-refractivity contribution < 1.29 is 4.79 Å². The summed E-state index contributed by atoms with van der Waals surface area (Å²) >= 11 is 0. The molecule has 1 amide bonds. The van der Waals surface area contributed by atoms with E-state index >= 15 is 0 Å². The first kappa shape index (κ1) is 15.7. The number of likely N-dealkylation sites (tertiary alicyclic amines) is 1. The first-order chi connectivity index (χ1) is 10.1. The number of anilines is 1. The lowest BCUT2D eigenvalue weighted by Gasteiger charge is -2.15. The van der Waals surface area contributed by atoms with E-state index in [1.54, 1.807) is 6.07 Å². The number of carbonyl (C=O) groups is 1. The van der Waals surface area contributed by atoms with Crippen molar-refractivity contribution in [2.75, 3.05) is 45.6 Å². The van der Waals surface area contributed by atoms with Crippen molar-refractivity contribution in [2.45, 2.75) is 26.2 Å². The Morgan fingerprint density at radius 2 is 2.05 bits per heavy atom. The van der Waals surface area contributed by atoms with Crippen LogP contribution >= 0.6 is 0 Å². The number of nitrogens with one attached hydrogen (secondary N) is 1. The first-order valence-electron chi connectivity index (χ1n) is 7.60. The Kier molecular flexibility index (Phi) is 5.50. The fraction of sp³-hybridized carbons (Fsp3) is 0.667. The fourth-order valence-corrected chi connectivity index (χ4v) is 2.43. The molecular formula is C15H25N5O. The Hall–Kier alpha value is -1.69. The molecule has 6 heteroatoms. The third kappa shape index (κ3) is 4.67. The number of aryl methyl sites for hydroxylation is 1. The number of carbonyl (C=O) groups excluding carboxylic acids is 1. The molecule has 0 unspecified atom stereocenters. The maximum absolute atomic E-state index is 12.4. The molecule has 0 atom stereocenters. The van der Waals surface area contributed by atoms with E-state index in [1.807, 2.05) is 11.8 Å². The molecule has 1 aromatic rings. The third-order valence-electron chi connectivity index (χ3n) is 3.53. The maximum atomic E-state index is 12.4. The summed E-state index contributed by atoms with van der Waals surface area (Å²) < 4.78 is 0. The van der Waals surface area contributed by atoms with E-state index < -0.39 is 0 Å². The molecule has 1 saturated heterocycles. The number of hydrogen-bond acceptors (Lipinski definition) is 5. The van der Waals surface area contributed by atoms with Crippen LogP contribution in [0.2, 0.25) is 0 Å². The molecule has 1 aromatic heterocycles. The molecule has 0 aliphatic carbocycles. The van der Waals surface area contributed by atoms with Gasteiger partial charge < -0.3 is 15.1 Å². The lowest BCUT2D eigenvalue weighted by Crippen LogP contribution is -2.29. The second kappa shape index (κ2) is 7.36. The standard InChI is InChI=1S/C15H25N5O/c1-12-11-13(14(21)20-9-4-5-10-20)18-15(17-12)16-7-6-8-19(2)3/h11H,4-10H2,1-3H3,(H,16,17,18). The van der Waals surface area contributed by atoms with Crippen molar-refractivity contribution in [3.05, 3.63) is 17.5 Å². The monoisotopic (exact) mass is 291 g/mol. The summed E-state index contributed by atoms with van der Waals surface area (Å²) in [5, 5.41) is 3.21. The molecule has 1 fully saturated rings. The SMILES string of the molecule is Cc1cc(C(=O)N2CCCC2)nc(NCCCN(C)C)n1. The van der Waals surface area contributed by atoms with Gasteiger partial charge in [0.1, 0.15) is 5.69 Å². The molecule has 0 spiro atoms. The molecule has 0 aromatic carbocycles. The van der Waals surface area contributed by atoms with Crippen molar-refractivity contribution in [2.24, 2.45) is 0 Å². The normalized spacial score (nSPS) is 14.8. The molecule has 0 saturated carbocycles. The molecule has 1 aliphatic heterocycles. The van der Waals surface area contributed by atoms with E-state index in [1.165, 1.54) is 0 Å². The van der Waals surface area contributed by atoms with Crippen LogP contribution in [-0.4, -0.2) is 65.9 Å². The van der Waals surface area contributed by atoms with Gasteiger partial charge in [-0.3, -0.25) is 4.79 Å². The van der Waals surface area contributed by atoms with Crippen molar-refractivity contribution in [3.8, 4) is 0 Å². The maximum Gasteiger partial charge on any atom is 0.272 e. The number of aromatic nitrogens is 2. The third-order valence-corrected chi connectivity index (χ3v) is 3.53. The van der Waals surface area contributed by atoms with Crippen LogP contribution in [-0.2, 0) is 0 Å². The first-order valence-corrected chi connectivity index (χ1v) is 7.60. The van der Waals surface area contributed by atoms with Gasteiger partial charge in [0.15, 0.2) is 0 Å². The highest BCUT2D eigenvalue weighted by molar-refractivity contribution is 5.92. The van der Waals surface area contributed by atoms with Gasteiger partial charge in [0.25, 0.3) is 5.91 Å². The molecule has 1 N–H and O–H groups in total. The largest absolute Gasteiger partial charge is 0.354 e. The van der Waals surface area contributed by atoms with E-state index in [2.05, 4.69) is 34.3 Å².